The first-order valence-corrected chi connectivity index (χ1v) is 8.04. The third-order valence-corrected chi connectivity index (χ3v) is 3.88. The zero-order chi connectivity index (χ0) is 20.1. The van der Waals surface area contributed by atoms with Crippen molar-refractivity contribution in [2.75, 3.05) is 6.79 Å². The number of hydrogen-bond acceptors (Lipinski definition) is 8. The fourth-order valence-corrected chi connectivity index (χ4v) is 2.64. The van der Waals surface area contributed by atoms with E-state index in [-0.39, 0.29) is 36.9 Å². The Morgan fingerprint density at radius 2 is 1.96 bits per heavy atom. The molecule has 1 aliphatic heterocycles. The van der Waals surface area contributed by atoms with Crippen LogP contribution in [0, 0.1) is 20.2 Å². The Morgan fingerprint density at radius 1 is 1.18 bits per heavy atom. The van der Waals surface area contributed by atoms with Gasteiger partial charge in [-0.15, -0.1) is 0 Å². The van der Waals surface area contributed by atoms with Gasteiger partial charge in [-0.3, -0.25) is 20.2 Å². The van der Waals surface area contributed by atoms with Crippen LogP contribution in [-0.4, -0.2) is 22.6 Å². The molecular formula is C18H14N2O8. The van der Waals surface area contributed by atoms with Gasteiger partial charge in [0.1, 0.15) is 12.4 Å². The zero-order valence-electron chi connectivity index (χ0n) is 14.4. The number of non-ortho nitro benzene ring substituents is 1. The predicted octanol–water partition coefficient (Wildman–Crippen LogP) is 3.13. The molecule has 1 aliphatic rings. The number of carbonyl (C=O) groups excluding carboxylic acids is 1. The molecule has 144 valence electrons. The molecule has 10 heteroatoms. The molecule has 0 unspecified atom stereocenters. The molecule has 0 saturated carbocycles. The maximum absolute atomic E-state index is 12.0. The number of esters is 1. The summed E-state index contributed by atoms with van der Waals surface area (Å²) in [5.41, 5.74) is 0.751. The van der Waals surface area contributed by atoms with Gasteiger partial charge in [-0.05, 0) is 12.1 Å². The van der Waals surface area contributed by atoms with Crippen molar-refractivity contribution in [2.45, 2.75) is 13.2 Å². The number of para-hydroxylation sites is 1. The van der Waals surface area contributed by atoms with Gasteiger partial charge in [0, 0.05) is 35.4 Å². The molecule has 2 aromatic carbocycles. The maximum atomic E-state index is 12.0. The maximum Gasteiger partial charge on any atom is 0.331 e. The van der Waals surface area contributed by atoms with E-state index in [0.717, 1.165) is 6.08 Å². The molecule has 0 aromatic heterocycles. The molecule has 1 heterocycles. The summed E-state index contributed by atoms with van der Waals surface area (Å²) in [7, 11) is 0. The van der Waals surface area contributed by atoms with Gasteiger partial charge >= 0.3 is 5.97 Å². The molecule has 0 bridgehead atoms. The highest BCUT2D eigenvalue weighted by Gasteiger charge is 2.21. The minimum atomic E-state index is -0.759. The van der Waals surface area contributed by atoms with Gasteiger partial charge in [0.05, 0.1) is 22.0 Å². The van der Waals surface area contributed by atoms with Crippen molar-refractivity contribution >= 4 is 23.4 Å². The van der Waals surface area contributed by atoms with Crippen LogP contribution in [0.25, 0.3) is 6.08 Å². The molecule has 0 saturated heterocycles. The molecule has 0 radical (unpaired) electrons. The van der Waals surface area contributed by atoms with E-state index in [9.17, 15) is 25.0 Å². The molecule has 0 fully saturated rings. The molecule has 28 heavy (non-hydrogen) atoms. The summed E-state index contributed by atoms with van der Waals surface area (Å²) in [6.45, 7) is -0.122. The van der Waals surface area contributed by atoms with Crippen LogP contribution < -0.4 is 4.74 Å². The van der Waals surface area contributed by atoms with E-state index in [1.54, 1.807) is 6.07 Å². The third kappa shape index (κ3) is 4.30. The van der Waals surface area contributed by atoms with Crippen LogP contribution in [-0.2, 0) is 27.5 Å². The lowest BCUT2D eigenvalue weighted by Gasteiger charge is -2.20. The van der Waals surface area contributed by atoms with Gasteiger partial charge in [0.25, 0.3) is 11.4 Å². The zero-order valence-corrected chi connectivity index (χ0v) is 14.4. The normalized spacial score (nSPS) is 12.9. The number of nitrogens with zero attached hydrogens (tertiary/aromatic N) is 2. The van der Waals surface area contributed by atoms with Crippen molar-refractivity contribution in [3.8, 4) is 5.75 Å². The molecule has 0 aliphatic carbocycles. The number of ether oxygens (including phenoxy) is 3. The number of carbonyl (C=O) groups is 1. The first kappa shape index (κ1) is 19.0. The fourth-order valence-electron chi connectivity index (χ4n) is 2.64. The van der Waals surface area contributed by atoms with Gasteiger partial charge in [-0.25, -0.2) is 4.79 Å². The lowest BCUT2D eigenvalue weighted by molar-refractivity contribution is -0.385. The summed E-state index contributed by atoms with van der Waals surface area (Å²) in [6.07, 6.45) is 2.32. The van der Waals surface area contributed by atoms with Crippen LogP contribution in [0.4, 0.5) is 11.4 Å². The Hall–Kier alpha value is -3.79. The van der Waals surface area contributed by atoms with Gasteiger partial charge in [-0.2, -0.15) is 0 Å². The van der Waals surface area contributed by atoms with Crippen molar-refractivity contribution in [3.05, 3.63) is 79.4 Å². The third-order valence-electron chi connectivity index (χ3n) is 3.88. The van der Waals surface area contributed by atoms with Crippen LogP contribution in [0.2, 0.25) is 0 Å². The summed E-state index contributed by atoms with van der Waals surface area (Å²) in [5.74, 6) is -0.377. The Bertz CT molecular complexity index is 970. The van der Waals surface area contributed by atoms with Crippen LogP contribution in [0.1, 0.15) is 16.7 Å². The van der Waals surface area contributed by atoms with Gasteiger partial charge in [-0.1, -0.05) is 12.1 Å². The van der Waals surface area contributed by atoms with Gasteiger partial charge in [0.2, 0.25) is 0 Å². The number of hydrogen-bond donors (Lipinski definition) is 0. The van der Waals surface area contributed by atoms with Crippen molar-refractivity contribution in [2.24, 2.45) is 0 Å². The molecule has 0 N–H and O–H groups in total. The summed E-state index contributed by atoms with van der Waals surface area (Å²) >= 11 is 0. The van der Waals surface area contributed by atoms with Crippen LogP contribution in [0.3, 0.4) is 0 Å². The van der Waals surface area contributed by atoms with Crippen LogP contribution >= 0.6 is 0 Å². The Morgan fingerprint density at radius 3 is 2.71 bits per heavy atom. The van der Waals surface area contributed by atoms with E-state index in [0.29, 0.717) is 16.9 Å². The summed E-state index contributed by atoms with van der Waals surface area (Å²) in [6, 6.07) is 8.54. The highest BCUT2D eigenvalue weighted by Crippen LogP contribution is 2.33. The first-order chi connectivity index (χ1) is 13.5. The molecule has 3 rings (SSSR count). The predicted molar refractivity (Wildman–Crippen MR) is 95.3 cm³/mol. The topological polar surface area (TPSA) is 131 Å². The van der Waals surface area contributed by atoms with Crippen molar-refractivity contribution in [3.63, 3.8) is 0 Å². The average Bonchev–Trinajstić information content (AvgIpc) is 2.70. The van der Waals surface area contributed by atoms with E-state index in [2.05, 4.69) is 0 Å². The number of nitro benzene ring substituents is 2. The second kappa shape index (κ2) is 8.27. The fraction of sp³-hybridized carbons (Fsp3) is 0.167. The van der Waals surface area contributed by atoms with E-state index >= 15 is 0 Å². The Kier molecular flexibility index (Phi) is 5.61. The standard InChI is InChI=1S/C18H14N2O8/c21-17(6-5-12-3-1-2-4-16(12)20(24)25)27-10-14-8-15(19(22)23)7-13-9-26-11-28-18(13)14/h1-8H,9-11H2. The number of fused-ring (bicyclic) bond motifs is 1. The minimum Gasteiger partial charge on any atom is -0.467 e. The Balaban J connectivity index is 1.74. The molecule has 0 spiro atoms. The molecule has 2 aromatic rings. The van der Waals surface area contributed by atoms with Crippen molar-refractivity contribution in [1.29, 1.82) is 0 Å². The van der Waals surface area contributed by atoms with E-state index in [1.165, 1.54) is 36.4 Å². The quantitative estimate of drug-likeness (QED) is 0.320. The average molecular weight is 386 g/mol. The number of benzene rings is 2. The second-order valence-corrected chi connectivity index (χ2v) is 5.72. The highest BCUT2D eigenvalue weighted by molar-refractivity contribution is 5.88. The van der Waals surface area contributed by atoms with Crippen LogP contribution in [0.15, 0.2) is 42.5 Å². The van der Waals surface area contributed by atoms with Gasteiger partial charge < -0.3 is 14.2 Å². The molecular weight excluding hydrogens is 372 g/mol. The summed E-state index contributed by atoms with van der Waals surface area (Å²) in [4.78, 5) is 32.9. The SMILES string of the molecule is O=C(C=Cc1ccccc1[N+](=O)[O-])OCc1cc([N+](=O)[O-])cc2c1OCOC2. The Labute approximate surface area is 158 Å². The minimum absolute atomic E-state index is 0.0106. The van der Waals surface area contributed by atoms with Gasteiger partial charge in [0.15, 0.2) is 6.79 Å². The number of rotatable bonds is 6. The summed E-state index contributed by atoms with van der Waals surface area (Å²) < 4.78 is 15.6. The smallest absolute Gasteiger partial charge is 0.331 e. The van der Waals surface area contributed by atoms with Crippen molar-refractivity contribution in [1.82, 2.24) is 0 Å². The second-order valence-electron chi connectivity index (χ2n) is 5.72. The highest BCUT2D eigenvalue weighted by atomic mass is 16.7. The largest absolute Gasteiger partial charge is 0.467 e. The first-order valence-electron chi connectivity index (χ1n) is 8.04. The monoisotopic (exact) mass is 386 g/mol. The van der Waals surface area contributed by atoms with Crippen molar-refractivity contribution < 1.29 is 28.9 Å². The van der Waals surface area contributed by atoms with E-state index in [1.807, 2.05) is 0 Å². The lowest BCUT2D eigenvalue weighted by Crippen LogP contribution is -2.14. The molecule has 0 amide bonds. The molecule has 0 atom stereocenters. The van der Waals surface area contributed by atoms with E-state index in [4.69, 9.17) is 14.2 Å². The lowest BCUT2D eigenvalue weighted by atomic mass is 10.1. The summed E-state index contributed by atoms with van der Waals surface area (Å²) in [5, 5.41) is 22.1. The van der Waals surface area contributed by atoms with E-state index < -0.39 is 15.8 Å². The molecule has 10 nitrogen and oxygen atoms in total. The van der Waals surface area contributed by atoms with Crippen LogP contribution in [0.5, 0.6) is 5.75 Å². The number of nitro groups is 2.